The lowest BCUT2D eigenvalue weighted by Crippen LogP contribution is -2.05. The Labute approximate surface area is 181 Å². The molecule has 0 saturated carbocycles. The summed E-state index contributed by atoms with van der Waals surface area (Å²) in [6.45, 7) is 2.05. The highest BCUT2D eigenvalue weighted by Crippen LogP contribution is 2.29. The van der Waals surface area contributed by atoms with Crippen molar-refractivity contribution in [3.8, 4) is 17.1 Å². The van der Waals surface area contributed by atoms with E-state index < -0.39 is 0 Å². The molecule has 0 aliphatic heterocycles. The molecule has 0 aliphatic rings. The van der Waals surface area contributed by atoms with Crippen LogP contribution in [0.4, 0.5) is 0 Å². The van der Waals surface area contributed by atoms with Gasteiger partial charge in [-0.3, -0.25) is 14.3 Å². The third-order valence-corrected chi connectivity index (χ3v) is 5.99. The quantitative estimate of drug-likeness (QED) is 0.283. The summed E-state index contributed by atoms with van der Waals surface area (Å²) in [5.74, 6) is 1.02. The van der Waals surface area contributed by atoms with E-state index in [-0.39, 0.29) is 11.5 Å². The number of hydrogen-bond acceptors (Lipinski definition) is 5. The van der Waals surface area contributed by atoms with E-state index in [2.05, 4.69) is 31.1 Å². The highest BCUT2D eigenvalue weighted by Gasteiger charge is 2.18. The molecule has 0 radical (unpaired) electrons. The molecular weight excluding hydrogens is 448 g/mol. The van der Waals surface area contributed by atoms with Crippen molar-refractivity contribution in [1.29, 1.82) is 0 Å². The van der Waals surface area contributed by atoms with Gasteiger partial charge in [0.05, 0.1) is 5.75 Å². The fraction of sp³-hybridized carbons (Fsp3) is 0.0909. The van der Waals surface area contributed by atoms with E-state index in [1.165, 1.54) is 17.3 Å². The summed E-state index contributed by atoms with van der Waals surface area (Å²) in [4.78, 5) is 16.8. The minimum Gasteiger partial charge on any atom is -0.293 e. The van der Waals surface area contributed by atoms with Crippen LogP contribution in [0.25, 0.3) is 17.1 Å². The Morgan fingerprint density at radius 3 is 2.45 bits per heavy atom. The molecule has 4 aromatic rings. The molecule has 2 heterocycles. The number of thioether (sulfide) groups is 1. The van der Waals surface area contributed by atoms with Crippen LogP contribution in [-0.4, -0.2) is 31.3 Å². The molecule has 0 spiro atoms. The first-order valence-electron chi connectivity index (χ1n) is 8.97. The van der Waals surface area contributed by atoms with Gasteiger partial charge in [0, 0.05) is 33.7 Å². The topological polar surface area (TPSA) is 60.7 Å². The average Bonchev–Trinajstić information content (AvgIpc) is 3.17. The second-order valence-corrected chi connectivity index (χ2v) is 8.20. The Kier molecular flexibility index (Phi) is 5.87. The Bertz CT molecular complexity index is 1140. The zero-order chi connectivity index (χ0) is 20.2. The molecule has 2 aromatic heterocycles. The minimum atomic E-state index is 0.0337. The normalized spacial score (nSPS) is 10.8. The summed E-state index contributed by atoms with van der Waals surface area (Å²) in [6.07, 6.45) is 3.46. The number of carbonyl (C=O) groups is 1. The molecule has 4 rings (SSSR count). The SMILES string of the molecule is Cc1ccc(-n2c(SCC(=O)c3ccccc3Br)nnc2-c2ccncc2)cc1. The number of aromatic nitrogens is 4. The van der Waals surface area contributed by atoms with E-state index >= 15 is 0 Å². The standard InChI is InChI=1S/C22H17BrN4OS/c1-15-6-8-17(9-7-15)27-21(16-10-12-24-13-11-16)25-26-22(27)29-14-20(28)18-4-2-3-5-19(18)23/h2-13H,14H2,1H3. The predicted molar refractivity (Wildman–Crippen MR) is 119 cm³/mol. The van der Waals surface area contributed by atoms with E-state index in [1.54, 1.807) is 12.4 Å². The molecule has 2 aromatic carbocycles. The van der Waals surface area contributed by atoms with Crippen LogP contribution >= 0.6 is 27.7 Å². The lowest BCUT2D eigenvalue weighted by atomic mass is 10.1. The van der Waals surface area contributed by atoms with Gasteiger partial charge in [-0.15, -0.1) is 10.2 Å². The van der Waals surface area contributed by atoms with Gasteiger partial charge < -0.3 is 0 Å². The predicted octanol–water partition coefficient (Wildman–Crippen LogP) is 5.38. The summed E-state index contributed by atoms with van der Waals surface area (Å²) >= 11 is 4.82. The van der Waals surface area contributed by atoms with Gasteiger partial charge in [-0.2, -0.15) is 0 Å². The largest absolute Gasteiger partial charge is 0.293 e. The maximum absolute atomic E-state index is 12.7. The molecule has 5 nitrogen and oxygen atoms in total. The molecule has 29 heavy (non-hydrogen) atoms. The molecule has 7 heteroatoms. The zero-order valence-electron chi connectivity index (χ0n) is 15.6. The molecule has 0 bridgehead atoms. The monoisotopic (exact) mass is 464 g/mol. The highest BCUT2D eigenvalue weighted by molar-refractivity contribution is 9.10. The number of pyridine rings is 1. The van der Waals surface area contributed by atoms with E-state index in [9.17, 15) is 4.79 Å². The molecule has 0 aliphatic carbocycles. The first kappa shape index (κ1) is 19.5. The highest BCUT2D eigenvalue weighted by atomic mass is 79.9. The van der Waals surface area contributed by atoms with Crippen LogP contribution in [0.2, 0.25) is 0 Å². The number of aryl methyl sites for hydroxylation is 1. The number of halogens is 1. The number of rotatable bonds is 6. The fourth-order valence-electron chi connectivity index (χ4n) is 2.87. The van der Waals surface area contributed by atoms with Gasteiger partial charge >= 0.3 is 0 Å². The van der Waals surface area contributed by atoms with Gasteiger partial charge in [-0.1, -0.05) is 63.6 Å². The van der Waals surface area contributed by atoms with E-state index in [0.717, 1.165) is 15.7 Å². The van der Waals surface area contributed by atoms with Crippen LogP contribution in [0.15, 0.2) is 82.7 Å². The number of Topliss-reactive ketones (excluding diaryl/α,β-unsaturated/α-hetero) is 1. The van der Waals surface area contributed by atoms with Crippen LogP contribution in [-0.2, 0) is 0 Å². The van der Waals surface area contributed by atoms with E-state index in [0.29, 0.717) is 16.5 Å². The number of benzene rings is 2. The van der Waals surface area contributed by atoms with Crippen LogP contribution in [0, 0.1) is 6.92 Å². The third-order valence-electron chi connectivity index (χ3n) is 4.37. The van der Waals surface area contributed by atoms with E-state index in [1.807, 2.05) is 72.2 Å². The van der Waals surface area contributed by atoms with Gasteiger partial charge in [0.1, 0.15) is 0 Å². The van der Waals surface area contributed by atoms with E-state index in [4.69, 9.17) is 0 Å². The average molecular weight is 465 g/mol. The molecule has 144 valence electrons. The second kappa shape index (κ2) is 8.71. The molecule has 0 fully saturated rings. The lowest BCUT2D eigenvalue weighted by molar-refractivity contribution is 0.102. The summed E-state index contributed by atoms with van der Waals surface area (Å²) in [7, 11) is 0. The first-order chi connectivity index (χ1) is 14.1. The smallest absolute Gasteiger partial charge is 0.196 e. The second-order valence-electron chi connectivity index (χ2n) is 6.40. The Hall–Kier alpha value is -2.77. The summed E-state index contributed by atoms with van der Waals surface area (Å²) in [5, 5.41) is 9.44. The van der Waals surface area contributed by atoms with Crippen molar-refractivity contribution in [2.24, 2.45) is 0 Å². The van der Waals surface area contributed by atoms with Crippen molar-refractivity contribution < 1.29 is 4.79 Å². The van der Waals surface area contributed by atoms with Crippen LogP contribution < -0.4 is 0 Å². The van der Waals surface area contributed by atoms with Gasteiger partial charge in [0.25, 0.3) is 0 Å². The minimum absolute atomic E-state index is 0.0337. The van der Waals surface area contributed by atoms with Gasteiger partial charge in [-0.05, 0) is 37.3 Å². The first-order valence-corrected chi connectivity index (χ1v) is 10.7. The number of ketones is 1. The molecule has 0 unspecified atom stereocenters. The Balaban J connectivity index is 1.68. The van der Waals surface area contributed by atoms with Crippen molar-refractivity contribution in [2.45, 2.75) is 12.1 Å². The molecule has 0 atom stereocenters. The van der Waals surface area contributed by atoms with Crippen molar-refractivity contribution in [1.82, 2.24) is 19.7 Å². The Morgan fingerprint density at radius 2 is 1.72 bits per heavy atom. The number of carbonyl (C=O) groups excluding carboxylic acids is 1. The maximum atomic E-state index is 12.7. The molecule has 0 amide bonds. The number of hydrogen-bond donors (Lipinski definition) is 0. The van der Waals surface area contributed by atoms with Gasteiger partial charge in [0.2, 0.25) is 0 Å². The lowest BCUT2D eigenvalue weighted by Gasteiger charge is -2.11. The Morgan fingerprint density at radius 1 is 1.00 bits per heavy atom. The molecular formula is C22H17BrN4OS. The maximum Gasteiger partial charge on any atom is 0.196 e. The van der Waals surface area contributed by atoms with Gasteiger partial charge in [0.15, 0.2) is 16.8 Å². The molecule has 0 N–H and O–H groups in total. The van der Waals surface area contributed by atoms with Crippen molar-refractivity contribution in [3.63, 3.8) is 0 Å². The molecule has 0 saturated heterocycles. The van der Waals surface area contributed by atoms with Crippen molar-refractivity contribution in [2.75, 3.05) is 5.75 Å². The summed E-state index contributed by atoms with van der Waals surface area (Å²) in [5.41, 5.74) is 3.70. The van der Waals surface area contributed by atoms with Crippen LogP contribution in [0.5, 0.6) is 0 Å². The van der Waals surface area contributed by atoms with Gasteiger partial charge in [-0.25, -0.2) is 0 Å². The third kappa shape index (κ3) is 4.31. The summed E-state index contributed by atoms with van der Waals surface area (Å²) < 4.78 is 2.77. The number of nitrogens with zero attached hydrogens (tertiary/aromatic N) is 4. The van der Waals surface area contributed by atoms with Crippen LogP contribution in [0.3, 0.4) is 0 Å². The van der Waals surface area contributed by atoms with Crippen molar-refractivity contribution >= 4 is 33.5 Å². The fourth-order valence-corrected chi connectivity index (χ4v) is 4.21. The van der Waals surface area contributed by atoms with Crippen molar-refractivity contribution in [3.05, 3.63) is 88.7 Å². The zero-order valence-corrected chi connectivity index (χ0v) is 18.0. The van der Waals surface area contributed by atoms with Crippen LogP contribution in [0.1, 0.15) is 15.9 Å². The summed E-state index contributed by atoms with van der Waals surface area (Å²) in [6, 6.07) is 19.4.